The summed E-state index contributed by atoms with van der Waals surface area (Å²) in [4.78, 5) is 28.8. The molecule has 1 aliphatic heterocycles. The summed E-state index contributed by atoms with van der Waals surface area (Å²) in [7, 11) is 3.35. The third-order valence-electron chi connectivity index (χ3n) is 8.08. The summed E-state index contributed by atoms with van der Waals surface area (Å²) in [6, 6.07) is 23.5. The Morgan fingerprint density at radius 3 is 2.49 bits per heavy atom. The second-order valence-electron chi connectivity index (χ2n) is 11.1. The number of amides is 1. The molecule has 3 heterocycles. The van der Waals surface area contributed by atoms with Gasteiger partial charge < -0.3 is 20.1 Å². The molecule has 9 nitrogen and oxygen atoms in total. The minimum atomic E-state index is -0.185. The van der Waals surface area contributed by atoms with Crippen molar-refractivity contribution >= 4 is 23.2 Å². The van der Waals surface area contributed by atoms with Gasteiger partial charge in [-0.1, -0.05) is 18.2 Å². The van der Waals surface area contributed by atoms with Crippen LogP contribution in [0.2, 0.25) is 0 Å². The maximum atomic E-state index is 13.2. The zero-order valence-corrected chi connectivity index (χ0v) is 25.7. The monoisotopic (exact) mass is 600 g/mol. The number of methoxy groups -OCH3 is 2. The number of anilines is 3. The molecular weight excluding hydrogens is 564 g/mol. The molecule has 0 bridgehead atoms. The molecule has 1 amide bonds. The number of aryl methyl sites for hydroxylation is 1. The third-order valence-corrected chi connectivity index (χ3v) is 8.08. The van der Waals surface area contributed by atoms with Crippen LogP contribution in [-0.2, 0) is 19.4 Å². The average Bonchev–Trinajstić information content (AvgIpc) is 3.08. The molecule has 0 aliphatic carbocycles. The number of benzene rings is 3. The van der Waals surface area contributed by atoms with Crippen LogP contribution < -0.4 is 20.1 Å². The van der Waals surface area contributed by atoms with E-state index < -0.39 is 0 Å². The fourth-order valence-electron chi connectivity index (χ4n) is 5.49. The lowest BCUT2D eigenvalue weighted by Gasteiger charge is -2.29. The van der Waals surface area contributed by atoms with Crippen LogP contribution in [0.15, 0.2) is 91.4 Å². The van der Waals surface area contributed by atoms with E-state index in [1.54, 1.807) is 32.8 Å². The Balaban J connectivity index is 1.05. The van der Waals surface area contributed by atoms with Crippen LogP contribution in [-0.4, -0.2) is 53.1 Å². The van der Waals surface area contributed by atoms with E-state index in [1.807, 2.05) is 55.5 Å². The number of nitrogens with zero attached hydrogens (tertiary/aromatic N) is 4. The van der Waals surface area contributed by atoms with E-state index in [9.17, 15) is 4.79 Å². The van der Waals surface area contributed by atoms with Crippen molar-refractivity contribution in [3.63, 3.8) is 0 Å². The van der Waals surface area contributed by atoms with E-state index in [1.165, 1.54) is 16.7 Å². The molecule has 6 rings (SSSR count). The molecule has 2 N–H and O–H groups in total. The average molecular weight is 601 g/mol. The van der Waals surface area contributed by atoms with Gasteiger partial charge in [0.2, 0.25) is 5.95 Å². The molecule has 0 saturated heterocycles. The SMILES string of the molecule is COc1cc2c(cc1OC)CN(CCc1ccc(NC(=O)c3ccc(C)c(Nc4nccc(-c5cccnc5)n4)c3)cc1)CC2. The van der Waals surface area contributed by atoms with Gasteiger partial charge in [0.05, 0.1) is 19.9 Å². The summed E-state index contributed by atoms with van der Waals surface area (Å²) < 4.78 is 11.0. The molecule has 0 spiro atoms. The number of carbonyl (C=O) groups is 1. The summed E-state index contributed by atoms with van der Waals surface area (Å²) in [6.07, 6.45) is 7.10. The van der Waals surface area contributed by atoms with Crippen LogP contribution >= 0.6 is 0 Å². The highest BCUT2D eigenvalue weighted by atomic mass is 16.5. The molecule has 0 fully saturated rings. The quantitative estimate of drug-likeness (QED) is 0.188. The Morgan fingerprint density at radius 1 is 0.933 bits per heavy atom. The molecule has 0 atom stereocenters. The molecule has 5 aromatic rings. The molecule has 228 valence electrons. The molecule has 0 saturated carbocycles. The molecule has 45 heavy (non-hydrogen) atoms. The number of hydrogen-bond acceptors (Lipinski definition) is 8. The van der Waals surface area contributed by atoms with Gasteiger partial charge in [-0.25, -0.2) is 9.97 Å². The molecule has 1 aliphatic rings. The number of carbonyl (C=O) groups excluding carboxylic acids is 1. The second kappa shape index (κ2) is 13.6. The van der Waals surface area contributed by atoms with E-state index in [0.29, 0.717) is 11.5 Å². The van der Waals surface area contributed by atoms with Crippen LogP contribution in [0.3, 0.4) is 0 Å². The van der Waals surface area contributed by atoms with Crippen molar-refractivity contribution < 1.29 is 14.3 Å². The Morgan fingerprint density at radius 2 is 1.73 bits per heavy atom. The minimum absolute atomic E-state index is 0.185. The number of pyridine rings is 1. The highest BCUT2D eigenvalue weighted by Crippen LogP contribution is 2.33. The smallest absolute Gasteiger partial charge is 0.255 e. The first-order chi connectivity index (χ1) is 22.0. The Kier molecular flexibility index (Phi) is 8.98. The Hall–Kier alpha value is -5.28. The lowest BCUT2D eigenvalue weighted by Crippen LogP contribution is -2.32. The van der Waals surface area contributed by atoms with Crippen molar-refractivity contribution in [2.75, 3.05) is 37.9 Å². The zero-order valence-electron chi connectivity index (χ0n) is 25.7. The van der Waals surface area contributed by atoms with E-state index in [-0.39, 0.29) is 5.91 Å². The number of fused-ring (bicyclic) bond motifs is 1. The standard InChI is InChI=1S/C36H36N6O3/c1-24-6-9-27(19-32(24)41-36-38-16-12-31(40-36)28-5-4-15-37-22-28)35(43)39-30-10-7-25(8-11-30)13-17-42-18-14-26-20-33(44-2)34(45-3)21-29(26)23-42/h4-12,15-16,19-22H,13-14,17-18,23H2,1-3H3,(H,39,43)(H,38,40,41). The normalized spacial score (nSPS) is 12.7. The van der Waals surface area contributed by atoms with Crippen LogP contribution in [0, 0.1) is 6.92 Å². The van der Waals surface area contributed by atoms with Crippen LogP contribution in [0.25, 0.3) is 11.3 Å². The molecule has 2 aromatic heterocycles. The number of ether oxygens (including phenoxy) is 2. The number of hydrogen-bond donors (Lipinski definition) is 2. The zero-order chi connectivity index (χ0) is 31.2. The van der Waals surface area contributed by atoms with Crippen molar-refractivity contribution in [3.05, 3.63) is 119 Å². The second-order valence-corrected chi connectivity index (χ2v) is 11.1. The number of nitrogens with one attached hydrogen (secondary N) is 2. The van der Waals surface area contributed by atoms with Gasteiger partial charge in [0.1, 0.15) is 0 Å². The molecule has 3 aromatic carbocycles. The van der Waals surface area contributed by atoms with E-state index >= 15 is 0 Å². The fourth-order valence-corrected chi connectivity index (χ4v) is 5.49. The summed E-state index contributed by atoms with van der Waals surface area (Å²) in [5, 5.41) is 6.29. The van der Waals surface area contributed by atoms with Gasteiger partial charge in [-0.3, -0.25) is 14.7 Å². The van der Waals surface area contributed by atoms with E-state index in [4.69, 9.17) is 9.47 Å². The van der Waals surface area contributed by atoms with Crippen molar-refractivity contribution in [2.45, 2.75) is 26.3 Å². The molecule has 0 unspecified atom stereocenters. The lowest BCUT2D eigenvalue weighted by molar-refractivity contribution is 0.102. The highest BCUT2D eigenvalue weighted by molar-refractivity contribution is 6.05. The van der Waals surface area contributed by atoms with E-state index in [2.05, 4.69) is 54.8 Å². The third kappa shape index (κ3) is 7.11. The first-order valence-corrected chi connectivity index (χ1v) is 15.0. The van der Waals surface area contributed by atoms with Gasteiger partial charge in [0, 0.05) is 60.7 Å². The van der Waals surface area contributed by atoms with Gasteiger partial charge >= 0.3 is 0 Å². The van der Waals surface area contributed by atoms with Gasteiger partial charge in [-0.2, -0.15) is 0 Å². The lowest BCUT2D eigenvalue weighted by atomic mass is 9.98. The van der Waals surface area contributed by atoms with Gasteiger partial charge in [0.15, 0.2) is 11.5 Å². The predicted octanol–water partition coefficient (Wildman–Crippen LogP) is 6.46. The molecule has 0 radical (unpaired) electrons. The number of rotatable bonds is 10. The largest absolute Gasteiger partial charge is 0.493 e. The van der Waals surface area contributed by atoms with Crippen LogP contribution in [0.4, 0.5) is 17.3 Å². The summed E-state index contributed by atoms with van der Waals surface area (Å²) in [6.45, 7) is 4.82. The van der Waals surface area contributed by atoms with Crippen molar-refractivity contribution in [1.29, 1.82) is 0 Å². The topological polar surface area (TPSA) is 102 Å². The van der Waals surface area contributed by atoms with Crippen molar-refractivity contribution in [1.82, 2.24) is 19.9 Å². The van der Waals surface area contributed by atoms with Gasteiger partial charge in [-0.05, 0) is 96.6 Å². The highest BCUT2D eigenvalue weighted by Gasteiger charge is 2.19. The first-order valence-electron chi connectivity index (χ1n) is 15.0. The summed E-state index contributed by atoms with van der Waals surface area (Å²) >= 11 is 0. The van der Waals surface area contributed by atoms with Crippen molar-refractivity contribution in [3.8, 4) is 22.8 Å². The Labute approximate surface area is 263 Å². The Bertz CT molecular complexity index is 1790. The maximum absolute atomic E-state index is 13.2. The fraction of sp³-hybridized carbons (Fsp3) is 0.222. The first kappa shape index (κ1) is 29.8. The van der Waals surface area contributed by atoms with Gasteiger partial charge in [-0.15, -0.1) is 0 Å². The minimum Gasteiger partial charge on any atom is -0.493 e. The maximum Gasteiger partial charge on any atom is 0.255 e. The predicted molar refractivity (Wildman–Crippen MR) is 176 cm³/mol. The van der Waals surface area contributed by atoms with Crippen LogP contribution in [0.5, 0.6) is 11.5 Å². The van der Waals surface area contributed by atoms with E-state index in [0.717, 1.165) is 72.2 Å². The molecular formula is C36H36N6O3. The molecule has 9 heteroatoms. The summed E-state index contributed by atoms with van der Waals surface area (Å²) in [5.74, 6) is 1.82. The number of aromatic nitrogens is 3. The van der Waals surface area contributed by atoms with Crippen LogP contribution in [0.1, 0.15) is 32.6 Å². The van der Waals surface area contributed by atoms with Crippen molar-refractivity contribution in [2.24, 2.45) is 0 Å². The summed E-state index contributed by atoms with van der Waals surface area (Å²) in [5.41, 5.74) is 8.52. The van der Waals surface area contributed by atoms with Gasteiger partial charge in [0.25, 0.3) is 5.91 Å².